The summed E-state index contributed by atoms with van der Waals surface area (Å²) in [7, 11) is 0. The summed E-state index contributed by atoms with van der Waals surface area (Å²) in [5.41, 5.74) is 1.08. The Morgan fingerprint density at radius 3 is 2.08 bits per heavy atom. The summed E-state index contributed by atoms with van der Waals surface area (Å²) in [5, 5.41) is 11.4. The number of amides is 2. The average molecular weight is 356 g/mol. The van der Waals surface area contributed by atoms with Crippen molar-refractivity contribution in [3.63, 3.8) is 0 Å². The number of hydrogen-bond acceptors (Lipinski definition) is 4. The molecule has 136 valence electrons. The average Bonchev–Trinajstić information content (AvgIpc) is 2.99. The lowest BCUT2D eigenvalue weighted by Crippen LogP contribution is -2.31. The first-order valence-corrected chi connectivity index (χ1v) is 8.58. The molecule has 3 rings (SSSR count). The molecule has 2 heterocycles. The number of nitrogens with one attached hydrogen (secondary N) is 1. The van der Waals surface area contributed by atoms with Gasteiger partial charge in [-0.25, -0.2) is 4.79 Å². The lowest BCUT2D eigenvalue weighted by atomic mass is 10.1. The molecule has 1 aliphatic heterocycles. The number of hydrogen-bond donors (Lipinski definition) is 2. The maximum absolute atomic E-state index is 12.5. The van der Waals surface area contributed by atoms with E-state index in [0.29, 0.717) is 11.3 Å². The van der Waals surface area contributed by atoms with E-state index in [0.717, 1.165) is 38.8 Å². The minimum Gasteiger partial charge on any atom is -0.475 e. The molecule has 1 fully saturated rings. The zero-order valence-corrected chi connectivity index (χ0v) is 14.2. The van der Waals surface area contributed by atoms with Gasteiger partial charge in [0.25, 0.3) is 11.8 Å². The van der Waals surface area contributed by atoms with Crippen molar-refractivity contribution in [2.45, 2.75) is 25.7 Å². The molecule has 0 radical (unpaired) electrons. The Kier molecular flexibility index (Phi) is 5.36. The minimum absolute atomic E-state index is 0.00177. The molecular formula is C19H20N2O5. The van der Waals surface area contributed by atoms with Crippen LogP contribution in [0.5, 0.6) is 0 Å². The van der Waals surface area contributed by atoms with E-state index in [1.165, 1.54) is 12.1 Å². The molecule has 0 aliphatic carbocycles. The van der Waals surface area contributed by atoms with Crippen LogP contribution in [0.3, 0.4) is 0 Å². The number of carbonyl (C=O) groups excluding carboxylic acids is 2. The van der Waals surface area contributed by atoms with E-state index in [2.05, 4.69) is 5.32 Å². The first-order valence-electron chi connectivity index (χ1n) is 8.58. The van der Waals surface area contributed by atoms with E-state index in [-0.39, 0.29) is 17.4 Å². The molecule has 0 unspecified atom stereocenters. The Labute approximate surface area is 150 Å². The molecular weight excluding hydrogens is 336 g/mol. The smallest absolute Gasteiger partial charge is 0.371 e. The van der Waals surface area contributed by atoms with Crippen LogP contribution in [0.1, 0.15) is 57.2 Å². The van der Waals surface area contributed by atoms with Crippen LogP contribution in [-0.4, -0.2) is 40.9 Å². The number of benzene rings is 1. The molecule has 2 aromatic rings. The van der Waals surface area contributed by atoms with E-state index in [4.69, 9.17) is 9.52 Å². The number of anilines is 1. The summed E-state index contributed by atoms with van der Waals surface area (Å²) in [6.45, 7) is 1.56. The SMILES string of the molecule is O=C(O)c1ccc(C(=O)Nc2ccc(C(=O)N3CCCCCC3)cc2)o1. The van der Waals surface area contributed by atoms with E-state index >= 15 is 0 Å². The summed E-state index contributed by atoms with van der Waals surface area (Å²) in [6.07, 6.45) is 4.37. The Hall–Kier alpha value is -3.09. The monoisotopic (exact) mass is 356 g/mol. The minimum atomic E-state index is -1.24. The van der Waals surface area contributed by atoms with Gasteiger partial charge in [-0.15, -0.1) is 0 Å². The second kappa shape index (κ2) is 7.86. The van der Waals surface area contributed by atoms with Crippen LogP contribution in [0.4, 0.5) is 5.69 Å². The fraction of sp³-hybridized carbons (Fsp3) is 0.316. The highest BCUT2D eigenvalue weighted by atomic mass is 16.4. The van der Waals surface area contributed by atoms with Gasteiger partial charge in [-0.2, -0.15) is 0 Å². The molecule has 7 heteroatoms. The van der Waals surface area contributed by atoms with Gasteiger partial charge in [0.1, 0.15) is 0 Å². The van der Waals surface area contributed by atoms with E-state index in [1.807, 2.05) is 4.90 Å². The first-order chi connectivity index (χ1) is 12.5. The number of aromatic carboxylic acids is 1. The Morgan fingerprint density at radius 2 is 1.50 bits per heavy atom. The quantitative estimate of drug-likeness (QED) is 0.876. The molecule has 26 heavy (non-hydrogen) atoms. The highest BCUT2D eigenvalue weighted by Crippen LogP contribution is 2.17. The highest BCUT2D eigenvalue weighted by Gasteiger charge is 2.18. The standard InChI is InChI=1S/C19H20N2O5/c22-17(15-9-10-16(26-15)19(24)25)20-14-7-5-13(6-8-14)18(23)21-11-3-1-2-4-12-21/h5-10H,1-4,11-12H2,(H,20,22)(H,24,25). The van der Waals surface area contributed by atoms with Gasteiger partial charge in [-0.3, -0.25) is 9.59 Å². The number of likely N-dealkylation sites (tertiary alicyclic amines) is 1. The number of carbonyl (C=O) groups is 3. The Bertz CT molecular complexity index is 802. The van der Waals surface area contributed by atoms with Gasteiger partial charge in [0, 0.05) is 24.3 Å². The lowest BCUT2D eigenvalue weighted by molar-refractivity contribution is 0.0659. The Balaban J connectivity index is 1.64. The molecule has 1 aromatic carbocycles. The van der Waals surface area contributed by atoms with Crippen molar-refractivity contribution in [2.24, 2.45) is 0 Å². The van der Waals surface area contributed by atoms with Crippen LogP contribution in [0, 0.1) is 0 Å². The summed E-state index contributed by atoms with van der Waals surface area (Å²) in [4.78, 5) is 37.3. The zero-order chi connectivity index (χ0) is 18.5. The number of rotatable bonds is 4. The lowest BCUT2D eigenvalue weighted by Gasteiger charge is -2.20. The highest BCUT2D eigenvalue weighted by molar-refractivity contribution is 6.03. The second-order valence-corrected chi connectivity index (χ2v) is 6.21. The third kappa shape index (κ3) is 4.11. The van der Waals surface area contributed by atoms with Gasteiger partial charge in [0.15, 0.2) is 5.76 Å². The van der Waals surface area contributed by atoms with Crippen LogP contribution in [0.25, 0.3) is 0 Å². The number of furan rings is 1. The van der Waals surface area contributed by atoms with Gasteiger partial charge in [0.2, 0.25) is 5.76 Å². The van der Waals surface area contributed by atoms with Crippen molar-refractivity contribution >= 4 is 23.5 Å². The van der Waals surface area contributed by atoms with Crippen molar-refractivity contribution in [2.75, 3.05) is 18.4 Å². The molecule has 0 spiro atoms. The second-order valence-electron chi connectivity index (χ2n) is 6.21. The van der Waals surface area contributed by atoms with Gasteiger partial charge in [-0.1, -0.05) is 12.8 Å². The number of nitrogens with zero attached hydrogens (tertiary/aromatic N) is 1. The van der Waals surface area contributed by atoms with Crippen LogP contribution >= 0.6 is 0 Å². The zero-order valence-electron chi connectivity index (χ0n) is 14.2. The van der Waals surface area contributed by atoms with Crippen molar-refractivity contribution in [1.82, 2.24) is 4.90 Å². The molecule has 2 amide bonds. The third-order valence-electron chi connectivity index (χ3n) is 4.32. The van der Waals surface area contributed by atoms with Crippen molar-refractivity contribution in [3.8, 4) is 0 Å². The van der Waals surface area contributed by atoms with E-state index in [9.17, 15) is 14.4 Å². The first kappa shape index (κ1) is 17.7. The number of carboxylic acids is 1. The van der Waals surface area contributed by atoms with Crippen molar-refractivity contribution < 1.29 is 23.9 Å². The summed E-state index contributed by atoms with van der Waals surface area (Å²) >= 11 is 0. The van der Waals surface area contributed by atoms with Crippen LogP contribution in [0.2, 0.25) is 0 Å². The van der Waals surface area contributed by atoms with E-state index in [1.54, 1.807) is 24.3 Å². The van der Waals surface area contributed by atoms with Gasteiger partial charge in [-0.05, 0) is 49.2 Å². The van der Waals surface area contributed by atoms with Gasteiger partial charge >= 0.3 is 5.97 Å². The van der Waals surface area contributed by atoms with E-state index < -0.39 is 11.9 Å². The maximum atomic E-state index is 12.5. The topological polar surface area (TPSA) is 99.8 Å². The van der Waals surface area contributed by atoms with Crippen molar-refractivity contribution in [3.05, 3.63) is 53.5 Å². The normalized spacial score (nSPS) is 14.5. The van der Waals surface area contributed by atoms with Crippen LogP contribution < -0.4 is 5.32 Å². The fourth-order valence-electron chi connectivity index (χ4n) is 2.92. The molecule has 1 aliphatic rings. The largest absolute Gasteiger partial charge is 0.475 e. The fourth-order valence-corrected chi connectivity index (χ4v) is 2.92. The Morgan fingerprint density at radius 1 is 0.885 bits per heavy atom. The molecule has 2 N–H and O–H groups in total. The molecule has 7 nitrogen and oxygen atoms in total. The maximum Gasteiger partial charge on any atom is 0.371 e. The summed E-state index contributed by atoms with van der Waals surface area (Å²) < 4.78 is 4.96. The van der Waals surface area contributed by atoms with Crippen LogP contribution in [0.15, 0.2) is 40.8 Å². The molecule has 1 saturated heterocycles. The number of carboxylic acid groups (broad SMARTS) is 1. The molecule has 1 aromatic heterocycles. The molecule has 0 saturated carbocycles. The third-order valence-corrected chi connectivity index (χ3v) is 4.32. The summed E-state index contributed by atoms with van der Waals surface area (Å²) in [6, 6.07) is 9.16. The summed E-state index contributed by atoms with van der Waals surface area (Å²) in [5.74, 6) is -2.17. The van der Waals surface area contributed by atoms with Gasteiger partial charge < -0.3 is 19.7 Å². The predicted octanol–water partition coefficient (Wildman–Crippen LogP) is 3.25. The molecule has 0 bridgehead atoms. The molecule has 0 atom stereocenters. The van der Waals surface area contributed by atoms with Crippen LogP contribution in [-0.2, 0) is 0 Å². The predicted molar refractivity (Wildman–Crippen MR) is 94.4 cm³/mol. The van der Waals surface area contributed by atoms with Gasteiger partial charge in [0.05, 0.1) is 0 Å². The van der Waals surface area contributed by atoms with Crippen molar-refractivity contribution in [1.29, 1.82) is 0 Å².